The van der Waals surface area contributed by atoms with Gasteiger partial charge in [-0.25, -0.2) is 5.43 Å². The van der Waals surface area contributed by atoms with Crippen LogP contribution in [0.1, 0.15) is 18.1 Å². The molecule has 0 radical (unpaired) electrons. The highest BCUT2D eigenvalue weighted by Gasteiger charge is 2.13. The number of hydrazone groups is 1. The predicted molar refractivity (Wildman–Crippen MR) is 126 cm³/mol. The molecule has 4 aromatic carbocycles. The number of hydrogen-bond donors (Lipinski definition) is 2. The highest BCUT2D eigenvalue weighted by molar-refractivity contribution is 6.30. The lowest BCUT2D eigenvalue weighted by molar-refractivity contribution is -0.121. The summed E-state index contributed by atoms with van der Waals surface area (Å²) in [5.74, 6) is -0.217. The average molecular weight is 416 g/mol. The number of fused-ring (bicyclic) bond motifs is 2. The van der Waals surface area contributed by atoms with Gasteiger partial charge in [0.15, 0.2) is 0 Å². The Kier molecular flexibility index (Phi) is 5.68. The third-order valence-corrected chi connectivity index (χ3v) is 5.37. The van der Waals surface area contributed by atoms with Gasteiger partial charge in [0.05, 0.1) is 6.21 Å². The fraction of sp³-hybridized carbons (Fsp3) is 0.120. The molecule has 1 unspecified atom stereocenters. The van der Waals surface area contributed by atoms with E-state index in [2.05, 4.69) is 46.2 Å². The van der Waals surface area contributed by atoms with Gasteiger partial charge in [-0.15, -0.1) is 0 Å². The van der Waals surface area contributed by atoms with Gasteiger partial charge in [-0.05, 0) is 65.2 Å². The van der Waals surface area contributed by atoms with E-state index in [0.717, 1.165) is 38.4 Å². The Bertz CT molecular complexity index is 1210. The van der Waals surface area contributed by atoms with Crippen LogP contribution in [0.5, 0.6) is 0 Å². The molecule has 0 saturated carbocycles. The third-order valence-electron chi connectivity index (χ3n) is 5.14. The molecule has 0 fully saturated rings. The van der Waals surface area contributed by atoms with Crippen LogP contribution in [0.3, 0.4) is 0 Å². The summed E-state index contributed by atoms with van der Waals surface area (Å²) < 4.78 is 0. The molecule has 0 aliphatic rings. The predicted octanol–water partition coefficient (Wildman–Crippen LogP) is 5.91. The molecule has 30 heavy (non-hydrogen) atoms. The number of hydrogen-bond acceptors (Lipinski definition) is 3. The zero-order valence-electron chi connectivity index (χ0n) is 16.8. The summed E-state index contributed by atoms with van der Waals surface area (Å²) in [5.41, 5.74) is 5.48. The van der Waals surface area contributed by atoms with Gasteiger partial charge < -0.3 is 5.32 Å². The Labute approximate surface area is 180 Å². The number of carbonyl (C=O) groups excluding carboxylic acids is 1. The topological polar surface area (TPSA) is 53.5 Å². The molecule has 0 aliphatic carbocycles. The molecule has 0 spiro atoms. The highest BCUT2D eigenvalue weighted by Crippen LogP contribution is 2.27. The molecular formula is C25H22ClN3O. The molecule has 0 aromatic heterocycles. The molecule has 0 aliphatic heterocycles. The number of aryl methyl sites for hydroxylation is 1. The zero-order chi connectivity index (χ0) is 21.1. The monoisotopic (exact) mass is 415 g/mol. The summed E-state index contributed by atoms with van der Waals surface area (Å²) in [6, 6.07) is 23.6. The molecule has 0 heterocycles. The first-order valence-electron chi connectivity index (χ1n) is 9.79. The smallest absolute Gasteiger partial charge is 0.262 e. The summed E-state index contributed by atoms with van der Waals surface area (Å²) in [7, 11) is 0. The number of rotatable bonds is 5. The number of carbonyl (C=O) groups is 1. The molecule has 150 valence electrons. The zero-order valence-corrected chi connectivity index (χ0v) is 17.6. The van der Waals surface area contributed by atoms with Crippen molar-refractivity contribution in [3.8, 4) is 0 Å². The second-order valence-corrected chi connectivity index (χ2v) is 7.73. The van der Waals surface area contributed by atoms with Crippen LogP contribution in [0.25, 0.3) is 21.5 Å². The Hall–Kier alpha value is -3.37. The van der Waals surface area contributed by atoms with Gasteiger partial charge in [0.25, 0.3) is 5.91 Å². The van der Waals surface area contributed by atoms with E-state index in [1.54, 1.807) is 19.2 Å². The first-order chi connectivity index (χ1) is 14.5. The molecule has 1 atom stereocenters. The summed E-state index contributed by atoms with van der Waals surface area (Å²) >= 11 is 6.00. The number of amides is 1. The van der Waals surface area contributed by atoms with Gasteiger partial charge >= 0.3 is 0 Å². The van der Waals surface area contributed by atoms with E-state index in [4.69, 9.17) is 11.6 Å². The Morgan fingerprint density at radius 2 is 1.60 bits per heavy atom. The maximum atomic E-state index is 12.5. The van der Waals surface area contributed by atoms with Crippen molar-refractivity contribution in [3.05, 3.63) is 88.9 Å². The molecular weight excluding hydrogens is 394 g/mol. The van der Waals surface area contributed by atoms with Crippen LogP contribution in [0.4, 0.5) is 5.69 Å². The van der Waals surface area contributed by atoms with E-state index in [1.807, 2.05) is 43.3 Å². The number of halogens is 1. The normalized spacial score (nSPS) is 12.4. The Morgan fingerprint density at radius 1 is 0.967 bits per heavy atom. The van der Waals surface area contributed by atoms with Crippen LogP contribution in [-0.2, 0) is 4.79 Å². The minimum atomic E-state index is -0.453. The van der Waals surface area contributed by atoms with Crippen molar-refractivity contribution in [1.29, 1.82) is 0 Å². The number of benzene rings is 4. The van der Waals surface area contributed by atoms with Crippen LogP contribution in [-0.4, -0.2) is 18.2 Å². The lowest BCUT2D eigenvalue weighted by Crippen LogP contribution is -2.35. The SMILES string of the molecule is Cc1cc(Cl)ccc1NC(C)C(=O)N/N=C\c1c2ccccc2cc2ccccc12. The van der Waals surface area contributed by atoms with Gasteiger partial charge in [0, 0.05) is 16.3 Å². The lowest BCUT2D eigenvalue weighted by atomic mass is 9.97. The van der Waals surface area contributed by atoms with Crippen molar-refractivity contribution in [2.24, 2.45) is 5.10 Å². The minimum Gasteiger partial charge on any atom is -0.374 e. The quantitative estimate of drug-likeness (QED) is 0.242. The van der Waals surface area contributed by atoms with Crippen molar-refractivity contribution in [2.45, 2.75) is 19.9 Å². The summed E-state index contributed by atoms with van der Waals surface area (Å²) in [6.45, 7) is 3.74. The van der Waals surface area contributed by atoms with E-state index in [1.165, 1.54) is 0 Å². The van der Waals surface area contributed by atoms with Gasteiger partial charge in [-0.2, -0.15) is 5.10 Å². The largest absolute Gasteiger partial charge is 0.374 e. The number of nitrogens with one attached hydrogen (secondary N) is 2. The molecule has 5 heteroatoms. The Morgan fingerprint density at radius 3 is 2.23 bits per heavy atom. The van der Waals surface area contributed by atoms with Crippen molar-refractivity contribution in [1.82, 2.24) is 5.43 Å². The first-order valence-corrected chi connectivity index (χ1v) is 10.2. The lowest BCUT2D eigenvalue weighted by Gasteiger charge is -2.15. The van der Waals surface area contributed by atoms with Crippen molar-refractivity contribution >= 4 is 51.0 Å². The van der Waals surface area contributed by atoms with E-state index in [-0.39, 0.29) is 5.91 Å². The standard InChI is InChI=1S/C25H22ClN3O/c1-16-13-20(26)11-12-24(16)28-17(2)25(30)29-27-15-23-21-9-5-3-7-18(21)14-19-8-4-6-10-22(19)23/h3-15,17,28H,1-2H3,(H,29,30)/b27-15-. The third kappa shape index (κ3) is 4.14. The molecule has 0 saturated heterocycles. The summed E-state index contributed by atoms with van der Waals surface area (Å²) in [6.07, 6.45) is 1.73. The van der Waals surface area contributed by atoms with Crippen molar-refractivity contribution < 1.29 is 4.79 Å². The molecule has 4 aromatic rings. The van der Waals surface area contributed by atoms with E-state index in [9.17, 15) is 4.79 Å². The molecule has 2 N–H and O–H groups in total. The second kappa shape index (κ2) is 8.56. The highest BCUT2D eigenvalue weighted by atomic mass is 35.5. The van der Waals surface area contributed by atoms with Gasteiger partial charge in [-0.1, -0.05) is 60.1 Å². The summed E-state index contributed by atoms with van der Waals surface area (Å²) in [4.78, 5) is 12.5. The van der Waals surface area contributed by atoms with Gasteiger partial charge in [-0.3, -0.25) is 4.79 Å². The van der Waals surface area contributed by atoms with E-state index in [0.29, 0.717) is 5.02 Å². The molecule has 4 rings (SSSR count). The Balaban J connectivity index is 1.55. The minimum absolute atomic E-state index is 0.217. The fourth-order valence-electron chi connectivity index (χ4n) is 3.53. The maximum Gasteiger partial charge on any atom is 0.262 e. The summed E-state index contributed by atoms with van der Waals surface area (Å²) in [5, 5.41) is 12.6. The first kappa shape index (κ1) is 19.9. The van der Waals surface area contributed by atoms with Gasteiger partial charge in [0.1, 0.15) is 6.04 Å². The molecule has 1 amide bonds. The fourth-order valence-corrected chi connectivity index (χ4v) is 3.76. The van der Waals surface area contributed by atoms with E-state index >= 15 is 0 Å². The van der Waals surface area contributed by atoms with Crippen LogP contribution in [0.15, 0.2) is 77.9 Å². The van der Waals surface area contributed by atoms with Crippen molar-refractivity contribution in [3.63, 3.8) is 0 Å². The van der Waals surface area contributed by atoms with E-state index < -0.39 is 6.04 Å². The number of nitrogens with zero attached hydrogens (tertiary/aromatic N) is 1. The van der Waals surface area contributed by atoms with Crippen LogP contribution < -0.4 is 10.7 Å². The molecule has 0 bridgehead atoms. The van der Waals surface area contributed by atoms with Gasteiger partial charge in [0.2, 0.25) is 0 Å². The molecule has 4 nitrogen and oxygen atoms in total. The maximum absolute atomic E-state index is 12.5. The number of anilines is 1. The van der Waals surface area contributed by atoms with Crippen molar-refractivity contribution in [2.75, 3.05) is 5.32 Å². The second-order valence-electron chi connectivity index (χ2n) is 7.29. The average Bonchev–Trinajstić information content (AvgIpc) is 2.75. The van der Waals surface area contributed by atoms with Crippen LogP contribution in [0.2, 0.25) is 5.02 Å². The van der Waals surface area contributed by atoms with Crippen LogP contribution >= 0.6 is 11.6 Å². The van der Waals surface area contributed by atoms with Crippen LogP contribution in [0, 0.1) is 6.92 Å².